The summed E-state index contributed by atoms with van der Waals surface area (Å²) < 4.78 is 24.7. The summed E-state index contributed by atoms with van der Waals surface area (Å²) in [5.41, 5.74) is 3.08. The summed E-state index contributed by atoms with van der Waals surface area (Å²) in [4.78, 5) is 0. The predicted molar refractivity (Wildman–Crippen MR) is 130 cm³/mol. The van der Waals surface area contributed by atoms with Crippen molar-refractivity contribution in [1.82, 2.24) is 0 Å². The largest absolute Gasteiger partial charge is 0.368 e. The van der Waals surface area contributed by atoms with Gasteiger partial charge in [0.2, 0.25) is 0 Å². The van der Waals surface area contributed by atoms with E-state index in [1.54, 1.807) is 0 Å². The van der Waals surface area contributed by atoms with Gasteiger partial charge in [0.15, 0.2) is 6.29 Å². The maximum absolute atomic E-state index is 10.8. The number of thiol groups is 1. The van der Waals surface area contributed by atoms with Crippen LogP contribution in [0.1, 0.15) is 16.7 Å². The topological polar surface area (TPSA) is 57.2 Å². The van der Waals surface area contributed by atoms with Crippen molar-refractivity contribution in [1.29, 1.82) is 0 Å². The van der Waals surface area contributed by atoms with Crippen molar-refractivity contribution >= 4 is 12.6 Å². The zero-order valence-electron chi connectivity index (χ0n) is 18.4. The molecular weight excluding hydrogens is 436 g/mol. The zero-order chi connectivity index (χ0) is 22.9. The fourth-order valence-electron chi connectivity index (χ4n) is 3.91. The van der Waals surface area contributed by atoms with Crippen LogP contribution in [-0.2, 0) is 38.8 Å². The zero-order valence-corrected chi connectivity index (χ0v) is 19.3. The van der Waals surface area contributed by atoms with Gasteiger partial charge < -0.3 is 24.1 Å². The summed E-state index contributed by atoms with van der Waals surface area (Å²) >= 11 is 4.45. The molecule has 1 N–H and O–H groups in total. The number of hydrogen-bond donors (Lipinski definition) is 2. The Bertz CT molecular complexity index is 941. The molecule has 5 atom stereocenters. The van der Waals surface area contributed by atoms with E-state index in [4.69, 9.17) is 18.9 Å². The molecule has 0 spiro atoms. The van der Waals surface area contributed by atoms with Crippen molar-refractivity contribution in [2.75, 3.05) is 5.75 Å². The maximum Gasteiger partial charge on any atom is 0.184 e. The number of benzene rings is 3. The van der Waals surface area contributed by atoms with E-state index in [9.17, 15) is 5.11 Å². The molecule has 4 rings (SSSR count). The molecular formula is C27H30O5S. The molecule has 1 saturated heterocycles. The van der Waals surface area contributed by atoms with Crippen molar-refractivity contribution in [3.05, 3.63) is 108 Å². The van der Waals surface area contributed by atoms with Gasteiger partial charge in [-0.2, -0.15) is 12.6 Å². The third-order valence-electron chi connectivity index (χ3n) is 5.65. The van der Waals surface area contributed by atoms with Gasteiger partial charge in [0, 0.05) is 5.75 Å². The van der Waals surface area contributed by atoms with Crippen LogP contribution in [0.2, 0.25) is 0 Å². The minimum absolute atomic E-state index is 0.327. The molecule has 0 amide bonds. The Morgan fingerprint density at radius 1 is 0.606 bits per heavy atom. The van der Waals surface area contributed by atoms with E-state index in [2.05, 4.69) is 12.6 Å². The first-order valence-electron chi connectivity index (χ1n) is 11.2. The van der Waals surface area contributed by atoms with Gasteiger partial charge in [-0.3, -0.25) is 0 Å². The lowest BCUT2D eigenvalue weighted by molar-refractivity contribution is -0.307. The van der Waals surface area contributed by atoms with E-state index in [1.165, 1.54) is 0 Å². The standard InChI is InChI=1S/C27H30O5S/c28-27-26(31-18-22-14-8-3-9-15-22)25(30-17-21-12-6-2-7-13-21)24(23(19-33)32-27)29-16-20-10-4-1-5-11-20/h1-15,23-28,33H,16-19H2. The predicted octanol–water partition coefficient (Wildman–Crippen LogP) is 4.39. The van der Waals surface area contributed by atoms with Gasteiger partial charge in [0.25, 0.3) is 0 Å². The molecule has 0 bridgehead atoms. The Morgan fingerprint density at radius 2 is 1.00 bits per heavy atom. The van der Waals surface area contributed by atoms with Crippen LogP contribution in [0, 0.1) is 0 Å². The normalized spacial score (nSPS) is 25.1. The SMILES string of the molecule is OC1OC(CS)C(OCc2ccccc2)C(OCc2ccccc2)C1OCc1ccccc1. The molecule has 174 valence electrons. The van der Waals surface area contributed by atoms with Crippen molar-refractivity contribution in [2.24, 2.45) is 0 Å². The molecule has 0 saturated carbocycles. The number of rotatable bonds is 10. The van der Waals surface area contributed by atoms with Gasteiger partial charge in [-0.05, 0) is 16.7 Å². The lowest BCUT2D eigenvalue weighted by atomic mass is 9.98. The Hall–Kier alpha value is -2.19. The minimum Gasteiger partial charge on any atom is -0.368 e. The molecule has 5 nitrogen and oxygen atoms in total. The Morgan fingerprint density at radius 3 is 1.42 bits per heavy atom. The third kappa shape index (κ3) is 6.67. The van der Waals surface area contributed by atoms with Gasteiger partial charge in [0.05, 0.1) is 25.9 Å². The fraction of sp³-hybridized carbons (Fsp3) is 0.333. The fourth-order valence-corrected chi connectivity index (χ4v) is 4.20. The highest BCUT2D eigenvalue weighted by Crippen LogP contribution is 2.30. The van der Waals surface area contributed by atoms with E-state index < -0.39 is 30.7 Å². The summed E-state index contributed by atoms with van der Waals surface area (Å²) in [5.74, 6) is 0.382. The number of hydrogen-bond acceptors (Lipinski definition) is 6. The van der Waals surface area contributed by atoms with Crippen molar-refractivity contribution in [3.63, 3.8) is 0 Å². The second-order valence-electron chi connectivity index (χ2n) is 8.03. The van der Waals surface area contributed by atoms with Crippen LogP contribution in [0.15, 0.2) is 91.0 Å². The summed E-state index contributed by atoms with van der Waals surface area (Å²) in [7, 11) is 0. The Kier molecular flexibility index (Phi) is 8.94. The van der Waals surface area contributed by atoms with Crippen LogP contribution >= 0.6 is 12.6 Å². The van der Waals surface area contributed by atoms with Crippen LogP contribution in [0.5, 0.6) is 0 Å². The quantitative estimate of drug-likeness (QED) is 0.434. The molecule has 5 unspecified atom stereocenters. The molecule has 0 radical (unpaired) electrons. The van der Waals surface area contributed by atoms with Crippen LogP contribution in [0.3, 0.4) is 0 Å². The van der Waals surface area contributed by atoms with Crippen LogP contribution in [0.25, 0.3) is 0 Å². The Balaban J connectivity index is 1.53. The molecule has 33 heavy (non-hydrogen) atoms. The average Bonchev–Trinajstić information content (AvgIpc) is 2.87. The number of aliphatic hydroxyl groups excluding tert-OH is 1. The lowest BCUT2D eigenvalue weighted by Gasteiger charge is -2.44. The molecule has 1 fully saturated rings. The van der Waals surface area contributed by atoms with Crippen LogP contribution in [-0.4, -0.2) is 41.6 Å². The number of ether oxygens (including phenoxy) is 4. The molecule has 3 aromatic rings. The van der Waals surface area contributed by atoms with E-state index in [0.29, 0.717) is 25.6 Å². The summed E-state index contributed by atoms with van der Waals surface area (Å²) in [6, 6.07) is 29.7. The molecule has 6 heteroatoms. The molecule has 1 heterocycles. The molecule has 1 aliphatic rings. The molecule has 0 aliphatic carbocycles. The highest BCUT2D eigenvalue weighted by Gasteiger charge is 2.47. The summed E-state index contributed by atoms with van der Waals surface area (Å²) in [6.45, 7) is 1.09. The van der Waals surface area contributed by atoms with Gasteiger partial charge in [0.1, 0.15) is 18.3 Å². The van der Waals surface area contributed by atoms with E-state index >= 15 is 0 Å². The first-order chi connectivity index (χ1) is 16.2. The van der Waals surface area contributed by atoms with Crippen LogP contribution < -0.4 is 0 Å². The summed E-state index contributed by atoms with van der Waals surface area (Å²) in [6.07, 6.45) is -3.31. The minimum atomic E-state index is -1.15. The van der Waals surface area contributed by atoms with Crippen molar-refractivity contribution in [3.8, 4) is 0 Å². The first kappa shape index (κ1) is 24.0. The smallest absolute Gasteiger partial charge is 0.184 e. The van der Waals surface area contributed by atoms with Crippen molar-refractivity contribution < 1.29 is 24.1 Å². The first-order valence-corrected chi connectivity index (χ1v) is 11.8. The molecule has 3 aromatic carbocycles. The lowest BCUT2D eigenvalue weighted by Crippen LogP contribution is -2.60. The molecule has 1 aliphatic heterocycles. The van der Waals surface area contributed by atoms with Crippen LogP contribution in [0.4, 0.5) is 0 Å². The van der Waals surface area contributed by atoms with E-state index in [1.807, 2.05) is 91.0 Å². The average molecular weight is 467 g/mol. The second kappa shape index (κ2) is 12.3. The van der Waals surface area contributed by atoms with Crippen molar-refractivity contribution in [2.45, 2.75) is 50.5 Å². The number of aliphatic hydroxyl groups is 1. The van der Waals surface area contributed by atoms with Gasteiger partial charge in [-0.25, -0.2) is 0 Å². The van der Waals surface area contributed by atoms with E-state index in [-0.39, 0.29) is 0 Å². The van der Waals surface area contributed by atoms with E-state index in [0.717, 1.165) is 16.7 Å². The van der Waals surface area contributed by atoms with Gasteiger partial charge in [-0.1, -0.05) is 91.0 Å². The monoisotopic (exact) mass is 466 g/mol. The molecule has 0 aromatic heterocycles. The summed E-state index contributed by atoms with van der Waals surface area (Å²) in [5, 5.41) is 10.8. The highest BCUT2D eigenvalue weighted by atomic mass is 32.1. The third-order valence-corrected chi connectivity index (χ3v) is 6.00. The van der Waals surface area contributed by atoms with Gasteiger partial charge >= 0.3 is 0 Å². The highest BCUT2D eigenvalue weighted by molar-refractivity contribution is 7.80. The maximum atomic E-state index is 10.8. The second-order valence-corrected chi connectivity index (χ2v) is 8.40. The Labute approximate surface area is 200 Å². The van der Waals surface area contributed by atoms with Gasteiger partial charge in [-0.15, -0.1) is 0 Å².